The summed E-state index contributed by atoms with van der Waals surface area (Å²) in [5.41, 5.74) is 1.01. The lowest BCUT2D eigenvalue weighted by Crippen LogP contribution is -2.42. The van der Waals surface area contributed by atoms with Gasteiger partial charge in [0.2, 0.25) is 5.91 Å². The third-order valence-electron chi connectivity index (χ3n) is 4.20. The van der Waals surface area contributed by atoms with Crippen LogP contribution in [0.5, 0.6) is 0 Å². The van der Waals surface area contributed by atoms with Gasteiger partial charge in [-0.25, -0.2) is 0 Å². The number of amides is 1. The van der Waals surface area contributed by atoms with Crippen LogP contribution >= 0.6 is 0 Å². The highest BCUT2D eigenvalue weighted by molar-refractivity contribution is 5.82. The molecule has 2 aliphatic rings. The molecule has 1 saturated carbocycles. The van der Waals surface area contributed by atoms with Crippen LogP contribution in [0, 0.1) is 5.92 Å². The maximum Gasteiger partial charge on any atom is 0.237 e. The Kier molecular flexibility index (Phi) is 3.32. The highest BCUT2D eigenvalue weighted by Gasteiger charge is 2.37. The van der Waals surface area contributed by atoms with Gasteiger partial charge in [0.1, 0.15) is 0 Å². The standard InChI is InChI=1S/C13H20N4O/c18-13(14-6-9-7-15-16-8-9)12-5-10-3-1-2-4-11(10)17-12/h7-8,10-12,17H,1-6H2,(H,14,18)(H,15,16). The molecule has 1 aromatic rings. The number of aromatic amines is 1. The molecule has 2 fully saturated rings. The van der Waals surface area contributed by atoms with Crippen LogP contribution in [0.15, 0.2) is 12.4 Å². The van der Waals surface area contributed by atoms with E-state index in [2.05, 4.69) is 20.8 Å². The molecule has 1 aromatic heterocycles. The molecule has 5 heteroatoms. The van der Waals surface area contributed by atoms with E-state index in [4.69, 9.17) is 0 Å². The summed E-state index contributed by atoms with van der Waals surface area (Å²) in [6.07, 6.45) is 9.69. The molecule has 1 saturated heterocycles. The Labute approximate surface area is 107 Å². The van der Waals surface area contributed by atoms with E-state index in [1.165, 1.54) is 25.7 Å². The number of hydrogen-bond acceptors (Lipinski definition) is 3. The molecule has 98 valence electrons. The summed E-state index contributed by atoms with van der Waals surface area (Å²) in [5.74, 6) is 0.842. The van der Waals surface area contributed by atoms with E-state index in [1.807, 2.05) is 6.20 Å². The predicted molar refractivity (Wildman–Crippen MR) is 67.7 cm³/mol. The summed E-state index contributed by atoms with van der Waals surface area (Å²) >= 11 is 0. The fourth-order valence-electron chi connectivity index (χ4n) is 3.21. The molecule has 1 aliphatic heterocycles. The number of nitrogens with zero attached hydrogens (tertiary/aromatic N) is 1. The van der Waals surface area contributed by atoms with Crippen molar-refractivity contribution in [2.45, 2.75) is 50.7 Å². The first-order chi connectivity index (χ1) is 8.83. The number of carbonyl (C=O) groups is 1. The quantitative estimate of drug-likeness (QED) is 0.746. The van der Waals surface area contributed by atoms with Crippen LogP contribution in [0.1, 0.15) is 37.7 Å². The average Bonchev–Trinajstić information content (AvgIpc) is 3.04. The summed E-state index contributed by atoms with van der Waals surface area (Å²) in [7, 11) is 0. The van der Waals surface area contributed by atoms with E-state index >= 15 is 0 Å². The maximum absolute atomic E-state index is 12.1. The lowest BCUT2D eigenvalue weighted by Gasteiger charge is -2.24. The van der Waals surface area contributed by atoms with Crippen molar-refractivity contribution in [1.29, 1.82) is 0 Å². The molecular formula is C13H20N4O. The van der Waals surface area contributed by atoms with Crippen LogP contribution in [0.25, 0.3) is 0 Å². The molecule has 0 bridgehead atoms. The van der Waals surface area contributed by atoms with Crippen molar-refractivity contribution in [2.75, 3.05) is 0 Å². The molecule has 1 aliphatic carbocycles. The number of H-pyrrole nitrogens is 1. The Morgan fingerprint density at radius 2 is 2.33 bits per heavy atom. The largest absolute Gasteiger partial charge is 0.351 e. The van der Waals surface area contributed by atoms with Gasteiger partial charge in [-0.15, -0.1) is 0 Å². The summed E-state index contributed by atoms with van der Waals surface area (Å²) in [5, 5.41) is 13.1. The molecule has 3 rings (SSSR count). The van der Waals surface area contributed by atoms with E-state index in [9.17, 15) is 4.79 Å². The molecular weight excluding hydrogens is 228 g/mol. The van der Waals surface area contributed by atoms with Crippen LogP contribution in [0.2, 0.25) is 0 Å². The first kappa shape index (κ1) is 11.7. The predicted octanol–water partition coefficient (Wildman–Crippen LogP) is 0.947. The Morgan fingerprint density at radius 1 is 1.44 bits per heavy atom. The van der Waals surface area contributed by atoms with Crippen molar-refractivity contribution >= 4 is 5.91 Å². The fourth-order valence-corrected chi connectivity index (χ4v) is 3.21. The second kappa shape index (κ2) is 5.10. The molecule has 0 radical (unpaired) electrons. The first-order valence-electron chi connectivity index (χ1n) is 6.84. The van der Waals surface area contributed by atoms with Gasteiger partial charge in [0.15, 0.2) is 0 Å². The third kappa shape index (κ3) is 2.41. The SMILES string of the molecule is O=C(NCc1cn[nH]c1)C1CC2CCCCC2N1. The van der Waals surface area contributed by atoms with E-state index in [0.29, 0.717) is 18.5 Å². The van der Waals surface area contributed by atoms with Gasteiger partial charge in [0.05, 0.1) is 12.2 Å². The number of carbonyl (C=O) groups excluding carboxylic acids is 1. The van der Waals surface area contributed by atoms with Crippen LogP contribution < -0.4 is 10.6 Å². The van der Waals surface area contributed by atoms with Gasteiger partial charge in [-0.05, 0) is 25.2 Å². The molecule has 3 N–H and O–H groups in total. The van der Waals surface area contributed by atoms with Gasteiger partial charge in [0.25, 0.3) is 0 Å². The second-order valence-electron chi connectivity index (χ2n) is 5.43. The van der Waals surface area contributed by atoms with Gasteiger partial charge < -0.3 is 10.6 Å². The number of fused-ring (bicyclic) bond motifs is 1. The molecule has 3 atom stereocenters. The van der Waals surface area contributed by atoms with Crippen molar-refractivity contribution in [3.8, 4) is 0 Å². The lowest BCUT2D eigenvalue weighted by atomic mass is 9.85. The van der Waals surface area contributed by atoms with Crippen LogP contribution in [0.3, 0.4) is 0 Å². The molecule has 2 heterocycles. The molecule has 1 amide bonds. The van der Waals surface area contributed by atoms with E-state index < -0.39 is 0 Å². The maximum atomic E-state index is 12.1. The highest BCUT2D eigenvalue weighted by atomic mass is 16.2. The summed E-state index contributed by atoms with van der Waals surface area (Å²) < 4.78 is 0. The van der Waals surface area contributed by atoms with Crippen LogP contribution in [-0.4, -0.2) is 28.2 Å². The Morgan fingerprint density at radius 3 is 3.11 bits per heavy atom. The smallest absolute Gasteiger partial charge is 0.237 e. The normalized spacial score (nSPS) is 31.0. The Balaban J connectivity index is 1.51. The van der Waals surface area contributed by atoms with E-state index in [-0.39, 0.29) is 11.9 Å². The minimum atomic E-state index is 0.00463. The number of hydrogen-bond donors (Lipinski definition) is 3. The number of aromatic nitrogens is 2. The lowest BCUT2D eigenvalue weighted by molar-refractivity contribution is -0.123. The monoisotopic (exact) mass is 248 g/mol. The zero-order valence-electron chi connectivity index (χ0n) is 10.5. The zero-order valence-corrected chi connectivity index (χ0v) is 10.5. The van der Waals surface area contributed by atoms with Crippen molar-refractivity contribution in [3.05, 3.63) is 18.0 Å². The Bertz CT molecular complexity index is 389. The van der Waals surface area contributed by atoms with Gasteiger partial charge >= 0.3 is 0 Å². The zero-order chi connectivity index (χ0) is 12.4. The van der Waals surface area contributed by atoms with Gasteiger partial charge in [-0.3, -0.25) is 9.89 Å². The van der Waals surface area contributed by atoms with Crippen LogP contribution in [0.4, 0.5) is 0 Å². The van der Waals surface area contributed by atoms with E-state index in [0.717, 1.165) is 12.0 Å². The fraction of sp³-hybridized carbons (Fsp3) is 0.692. The molecule has 5 nitrogen and oxygen atoms in total. The van der Waals surface area contributed by atoms with Crippen molar-refractivity contribution in [3.63, 3.8) is 0 Å². The number of rotatable bonds is 3. The van der Waals surface area contributed by atoms with Crippen molar-refractivity contribution in [2.24, 2.45) is 5.92 Å². The summed E-state index contributed by atoms with van der Waals surface area (Å²) in [4.78, 5) is 12.1. The van der Waals surface area contributed by atoms with Gasteiger partial charge in [-0.1, -0.05) is 12.8 Å². The van der Waals surface area contributed by atoms with Crippen LogP contribution in [-0.2, 0) is 11.3 Å². The minimum absolute atomic E-state index is 0.00463. The van der Waals surface area contributed by atoms with Gasteiger partial charge in [0, 0.05) is 24.3 Å². The second-order valence-corrected chi connectivity index (χ2v) is 5.43. The molecule has 0 aromatic carbocycles. The van der Waals surface area contributed by atoms with Crippen molar-refractivity contribution < 1.29 is 4.79 Å². The topological polar surface area (TPSA) is 69.8 Å². The van der Waals surface area contributed by atoms with Gasteiger partial charge in [-0.2, -0.15) is 5.10 Å². The molecule has 3 unspecified atom stereocenters. The van der Waals surface area contributed by atoms with E-state index in [1.54, 1.807) is 6.20 Å². The third-order valence-corrected chi connectivity index (χ3v) is 4.20. The number of nitrogens with one attached hydrogen (secondary N) is 3. The summed E-state index contributed by atoms with van der Waals surface area (Å²) in [6.45, 7) is 0.558. The molecule has 0 spiro atoms. The highest BCUT2D eigenvalue weighted by Crippen LogP contribution is 2.33. The minimum Gasteiger partial charge on any atom is -0.351 e. The summed E-state index contributed by atoms with van der Waals surface area (Å²) in [6, 6.07) is 0.577. The first-order valence-corrected chi connectivity index (χ1v) is 6.84. The van der Waals surface area contributed by atoms with Crippen molar-refractivity contribution in [1.82, 2.24) is 20.8 Å². The Hall–Kier alpha value is -1.36. The molecule has 18 heavy (non-hydrogen) atoms. The average molecular weight is 248 g/mol.